The van der Waals surface area contributed by atoms with Gasteiger partial charge in [0.1, 0.15) is 5.75 Å². The summed E-state index contributed by atoms with van der Waals surface area (Å²) in [6.07, 6.45) is 8.46. The molecule has 1 atom stereocenters. The van der Waals surface area contributed by atoms with E-state index in [1.807, 2.05) is 6.07 Å². The molecule has 0 spiro atoms. The van der Waals surface area contributed by atoms with Gasteiger partial charge in [-0.2, -0.15) is 0 Å². The molecule has 5 rings (SSSR count). The van der Waals surface area contributed by atoms with Crippen molar-refractivity contribution in [3.05, 3.63) is 28.2 Å². The zero-order valence-corrected chi connectivity index (χ0v) is 14.2. The Hall–Kier alpha value is -0.540. The van der Waals surface area contributed by atoms with Gasteiger partial charge in [0.05, 0.1) is 11.6 Å². The highest BCUT2D eigenvalue weighted by Crippen LogP contribution is 2.63. The maximum Gasteiger partial charge on any atom is 0.133 e. The van der Waals surface area contributed by atoms with Gasteiger partial charge in [0.2, 0.25) is 0 Å². The second-order valence-corrected chi connectivity index (χ2v) is 8.51. The number of rotatable bonds is 3. The number of hydrogen-bond donors (Lipinski definition) is 1. The van der Waals surface area contributed by atoms with Crippen LogP contribution >= 0.6 is 15.9 Å². The van der Waals surface area contributed by atoms with Crippen LogP contribution in [-0.4, -0.2) is 7.11 Å². The standard InChI is InChI=1S/C18H24BrNO/c1-21-16-3-2-14(7-15(16)19)17(20)18-8-11-4-12(9-18)6-13(5-11)10-18/h2-3,7,11-13,17H,4-6,8-10,20H2,1H3. The van der Waals surface area contributed by atoms with E-state index in [1.54, 1.807) is 7.11 Å². The van der Waals surface area contributed by atoms with E-state index in [2.05, 4.69) is 28.1 Å². The Morgan fingerprint density at radius 3 is 2.19 bits per heavy atom. The largest absolute Gasteiger partial charge is 0.496 e. The average molecular weight is 350 g/mol. The van der Waals surface area contributed by atoms with Crippen LogP contribution in [0.5, 0.6) is 5.75 Å². The van der Waals surface area contributed by atoms with Crippen LogP contribution in [-0.2, 0) is 0 Å². The van der Waals surface area contributed by atoms with Crippen LogP contribution in [0.2, 0.25) is 0 Å². The summed E-state index contributed by atoms with van der Waals surface area (Å²) in [5.74, 6) is 3.73. The Bertz CT molecular complexity index is 521. The van der Waals surface area contributed by atoms with Crippen LogP contribution < -0.4 is 10.5 Å². The molecule has 2 nitrogen and oxygen atoms in total. The molecule has 4 bridgehead atoms. The van der Waals surface area contributed by atoms with Gasteiger partial charge in [0.25, 0.3) is 0 Å². The van der Waals surface area contributed by atoms with E-state index < -0.39 is 0 Å². The quantitative estimate of drug-likeness (QED) is 0.860. The van der Waals surface area contributed by atoms with Crippen LogP contribution in [0.1, 0.15) is 50.1 Å². The van der Waals surface area contributed by atoms with E-state index in [9.17, 15) is 0 Å². The summed E-state index contributed by atoms with van der Waals surface area (Å²) in [5, 5.41) is 0. The Morgan fingerprint density at radius 2 is 1.71 bits per heavy atom. The lowest BCUT2D eigenvalue weighted by Crippen LogP contribution is -2.50. The summed E-state index contributed by atoms with van der Waals surface area (Å²) in [7, 11) is 1.71. The predicted octanol–water partition coefficient (Wildman–Crippen LogP) is 4.67. The number of halogens is 1. The van der Waals surface area contributed by atoms with Crippen LogP contribution in [0.4, 0.5) is 0 Å². The van der Waals surface area contributed by atoms with E-state index >= 15 is 0 Å². The van der Waals surface area contributed by atoms with Crippen molar-refractivity contribution in [3.8, 4) is 5.75 Å². The average Bonchev–Trinajstić information content (AvgIpc) is 2.45. The second-order valence-electron chi connectivity index (χ2n) is 7.65. The van der Waals surface area contributed by atoms with Crippen molar-refractivity contribution < 1.29 is 4.74 Å². The van der Waals surface area contributed by atoms with E-state index in [-0.39, 0.29) is 6.04 Å². The van der Waals surface area contributed by atoms with Crippen molar-refractivity contribution in [2.24, 2.45) is 28.9 Å². The molecule has 0 aromatic heterocycles. The molecule has 1 aromatic rings. The summed E-state index contributed by atoms with van der Waals surface area (Å²) >= 11 is 3.61. The third kappa shape index (κ3) is 2.24. The van der Waals surface area contributed by atoms with Crippen LogP contribution in [0, 0.1) is 23.2 Å². The molecule has 4 aliphatic carbocycles. The first kappa shape index (κ1) is 14.1. The second kappa shape index (κ2) is 4.99. The minimum absolute atomic E-state index is 0.174. The van der Waals surface area contributed by atoms with Gasteiger partial charge < -0.3 is 10.5 Å². The van der Waals surface area contributed by atoms with E-state index in [4.69, 9.17) is 10.5 Å². The number of nitrogens with two attached hydrogens (primary N) is 1. The van der Waals surface area contributed by atoms with Gasteiger partial charge in [-0.1, -0.05) is 6.07 Å². The fraction of sp³-hybridized carbons (Fsp3) is 0.667. The van der Waals surface area contributed by atoms with E-state index in [0.717, 1.165) is 28.0 Å². The molecular formula is C18H24BrNO. The van der Waals surface area contributed by atoms with Crippen LogP contribution in [0.25, 0.3) is 0 Å². The highest BCUT2D eigenvalue weighted by atomic mass is 79.9. The molecular weight excluding hydrogens is 326 g/mol. The first-order chi connectivity index (χ1) is 10.1. The van der Waals surface area contributed by atoms with Crippen LogP contribution in [0.15, 0.2) is 22.7 Å². The normalized spacial score (nSPS) is 38.5. The molecule has 0 radical (unpaired) electrons. The summed E-state index contributed by atoms with van der Waals surface area (Å²) in [6.45, 7) is 0. The maximum atomic E-state index is 6.79. The molecule has 0 saturated heterocycles. The lowest BCUT2D eigenvalue weighted by atomic mass is 9.47. The number of hydrogen-bond acceptors (Lipinski definition) is 2. The third-order valence-corrected chi connectivity index (χ3v) is 6.90. The Kier molecular flexibility index (Phi) is 3.34. The molecule has 2 N–H and O–H groups in total. The van der Waals surface area contributed by atoms with Gasteiger partial charge in [0, 0.05) is 6.04 Å². The molecule has 21 heavy (non-hydrogen) atoms. The predicted molar refractivity (Wildman–Crippen MR) is 88.2 cm³/mol. The van der Waals surface area contributed by atoms with Crippen molar-refractivity contribution in [2.75, 3.05) is 7.11 Å². The van der Waals surface area contributed by atoms with Crippen molar-refractivity contribution in [3.63, 3.8) is 0 Å². The summed E-state index contributed by atoms with van der Waals surface area (Å²) in [6, 6.07) is 6.54. The van der Waals surface area contributed by atoms with E-state index in [1.165, 1.54) is 44.1 Å². The Morgan fingerprint density at radius 1 is 1.14 bits per heavy atom. The van der Waals surface area contributed by atoms with Crippen molar-refractivity contribution in [1.82, 2.24) is 0 Å². The number of methoxy groups -OCH3 is 1. The molecule has 1 aromatic carbocycles. The third-order valence-electron chi connectivity index (χ3n) is 6.28. The highest BCUT2D eigenvalue weighted by molar-refractivity contribution is 9.10. The Labute approximate surface area is 135 Å². The molecule has 3 heteroatoms. The molecule has 4 aliphatic rings. The highest BCUT2D eigenvalue weighted by Gasteiger charge is 2.53. The topological polar surface area (TPSA) is 35.2 Å². The van der Waals surface area contributed by atoms with Gasteiger partial charge >= 0.3 is 0 Å². The monoisotopic (exact) mass is 349 g/mol. The smallest absolute Gasteiger partial charge is 0.133 e. The lowest BCUT2D eigenvalue weighted by Gasteiger charge is -2.59. The van der Waals surface area contributed by atoms with Gasteiger partial charge in [-0.15, -0.1) is 0 Å². The Balaban J connectivity index is 1.65. The molecule has 0 heterocycles. The molecule has 1 unspecified atom stereocenters. The molecule has 0 amide bonds. The first-order valence-corrected chi connectivity index (χ1v) is 8.98. The SMILES string of the molecule is COc1ccc(C(N)C23CC4CC(CC(C4)C2)C3)cc1Br. The van der Waals surface area contributed by atoms with Crippen LogP contribution in [0.3, 0.4) is 0 Å². The van der Waals surface area contributed by atoms with Gasteiger partial charge in [-0.3, -0.25) is 0 Å². The molecule has 4 fully saturated rings. The van der Waals surface area contributed by atoms with Gasteiger partial charge in [-0.05, 0) is 95.3 Å². The minimum atomic E-state index is 0.174. The fourth-order valence-electron chi connectivity index (χ4n) is 5.79. The first-order valence-electron chi connectivity index (χ1n) is 8.18. The summed E-state index contributed by atoms with van der Waals surface area (Å²) in [5.41, 5.74) is 8.42. The fourth-order valence-corrected chi connectivity index (χ4v) is 6.35. The van der Waals surface area contributed by atoms with E-state index in [0.29, 0.717) is 5.41 Å². The zero-order valence-electron chi connectivity index (χ0n) is 12.6. The summed E-state index contributed by atoms with van der Waals surface area (Å²) in [4.78, 5) is 0. The van der Waals surface area contributed by atoms with Crippen molar-refractivity contribution in [1.29, 1.82) is 0 Å². The summed E-state index contributed by atoms with van der Waals surface area (Å²) < 4.78 is 6.36. The number of ether oxygens (including phenoxy) is 1. The molecule has 4 saturated carbocycles. The minimum Gasteiger partial charge on any atom is -0.496 e. The molecule has 114 valence electrons. The van der Waals surface area contributed by atoms with Gasteiger partial charge in [-0.25, -0.2) is 0 Å². The lowest BCUT2D eigenvalue weighted by molar-refractivity contribution is -0.0677. The van der Waals surface area contributed by atoms with Crippen molar-refractivity contribution >= 4 is 15.9 Å². The maximum absolute atomic E-state index is 6.79. The number of benzene rings is 1. The van der Waals surface area contributed by atoms with Crippen molar-refractivity contribution in [2.45, 2.75) is 44.6 Å². The van der Waals surface area contributed by atoms with Gasteiger partial charge in [0.15, 0.2) is 0 Å². The zero-order chi connectivity index (χ0) is 14.6. The molecule has 0 aliphatic heterocycles.